The Kier molecular flexibility index (Phi) is 3.93. The van der Waals surface area contributed by atoms with Crippen LogP contribution in [0.5, 0.6) is 0 Å². The Morgan fingerprint density at radius 3 is 2.81 bits per heavy atom. The molecule has 0 spiro atoms. The van der Waals surface area contributed by atoms with Crippen LogP contribution in [0, 0.1) is 0 Å². The average Bonchev–Trinajstić information content (AvgIpc) is 2.31. The second-order valence-corrected chi connectivity index (χ2v) is 4.53. The fraction of sp³-hybridized carbons (Fsp3) is 0.538. The van der Waals surface area contributed by atoms with Gasteiger partial charge in [0, 0.05) is 19.1 Å². The lowest BCUT2D eigenvalue weighted by atomic mass is 10.0. The number of β-amino-alcohol motifs (C(OH)–C–C–N with tert-alkyl or cyclic N) is 1. The van der Waals surface area contributed by atoms with Crippen LogP contribution < -0.4 is 5.32 Å². The highest BCUT2D eigenvalue weighted by molar-refractivity contribution is 5.14. The second kappa shape index (κ2) is 5.43. The molecular weight excluding hydrogens is 200 g/mol. The smallest absolute Gasteiger partial charge is 0.0819 e. The summed E-state index contributed by atoms with van der Waals surface area (Å²) in [5, 5.41) is 13.1. The molecule has 3 nitrogen and oxygen atoms in total. The molecule has 2 N–H and O–H groups in total. The molecule has 1 aromatic rings. The van der Waals surface area contributed by atoms with Crippen molar-refractivity contribution in [3.05, 3.63) is 35.9 Å². The first kappa shape index (κ1) is 11.6. The van der Waals surface area contributed by atoms with E-state index in [0.717, 1.165) is 19.5 Å². The first-order chi connectivity index (χ1) is 7.77. The molecule has 0 amide bonds. The van der Waals surface area contributed by atoms with E-state index in [9.17, 15) is 5.11 Å². The summed E-state index contributed by atoms with van der Waals surface area (Å²) in [6.07, 6.45) is 0.771. The van der Waals surface area contributed by atoms with Crippen LogP contribution >= 0.6 is 0 Å². The summed E-state index contributed by atoms with van der Waals surface area (Å²) in [7, 11) is 2.09. The van der Waals surface area contributed by atoms with Gasteiger partial charge in [0.1, 0.15) is 0 Å². The van der Waals surface area contributed by atoms with E-state index >= 15 is 0 Å². The van der Waals surface area contributed by atoms with E-state index in [1.807, 2.05) is 6.07 Å². The number of likely N-dealkylation sites (N-methyl/N-ethyl adjacent to an activating group) is 1. The number of nitrogens with zero attached hydrogens (tertiary/aromatic N) is 1. The first-order valence-corrected chi connectivity index (χ1v) is 5.90. The molecule has 1 heterocycles. The molecule has 88 valence electrons. The van der Waals surface area contributed by atoms with Crippen molar-refractivity contribution < 1.29 is 5.11 Å². The number of nitrogens with one attached hydrogen (secondary N) is 1. The van der Waals surface area contributed by atoms with Crippen molar-refractivity contribution >= 4 is 0 Å². The van der Waals surface area contributed by atoms with E-state index in [1.165, 1.54) is 5.56 Å². The molecule has 0 bridgehead atoms. The largest absolute Gasteiger partial charge is 0.390 e. The van der Waals surface area contributed by atoms with Gasteiger partial charge in [0.25, 0.3) is 0 Å². The zero-order chi connectivity index (χ0) is 11.4. The van der Waals surface area contributed by atoms with Crippen LogP contribution in [-0.2, 0) is 6.54 Å². The van der Waals surface area contributed by atoms with Gasteiger partial charge in [0.15, 0.2) is 0 Å². The van der Waals surface area contributed by atoms with Crippen molar-refractivity contribution in [1.29, 1.82) is 0 Å². The first-order valence-electron chi connectivity index (χ1n) is 5.90. The molecule has 0 aromatic heterocycles. The molecule has 0 saturated carbocycles. The molecular formula is C13H20N2O. The fourth-order valence-electron chi connectivity index (χ4n) is 2.33. The van der Waals surface area contributed by atoms with E-state index in [-0.39, 0.29) is 12.1 Å². The summed E-state index contributed by atoms with van der Waals surface area (Å²) in [6, 6.07) is 10.7. The van der Waals surface area contributed by atoms with Crippen LogP contribution in [-0.4, -0.2) is 42.3 Å². The predicted octanol–water partition coefficient (Wildman–Crippen LogP) is 0.841. The van der Waals surface area contributed by atoms with Gasteiger partial charge in [0.05, 0.1) is 6.10 Å². The molecule has 2 atom stereocenters. The molecule has 1 saturated heterocycles. The number of rotatable bonds is 3. The van der Waals surface area contributed by atoms with Gasteiger partial charge in [-0.2, -0.15) is 0 Å². The summed E-state index contributed by atoms with van der Waals surface area (Å²) >= 11 is 0. The Morgan fingerprint density at radius 1 is 1.38 bits per heavy atom. The fourth-order valence-corrected chi connectivity index (χ4v) is 2.33. The SMILES string of the molecule is CN(Cc1ccccc1)[C@H]1CCNC[C@@H]1O. The Hall–Kier alpha value is -0.900. The van der Waals surface area contributed by atoms with Crippen LogP contribution in [0.4, 0.5) is 0 Å². The molecule has 0 unspecified atom stereocenters. The van der Waals surface area contributed by atoms with Crippen LogP contribution in [0.2, 0.25) is 0 Å². The van der Waals surface area contributed by atoms with Crippen molar-refractivity contribution in [2.45, 2.75) is 25.1 Å². The lowest BCUT2D eigenvalue weighted by molar-refractivity contribution is 0.0385. The third-order valence-electron chi connectivity index (χ3n) is 3.26. The molecule has 2 rings (SSSR count). The summed E-state index contributed by atoms with van der Waals surface area (Å²) in [4.78, 5) is 2.25. The Bertz CT molecular complexity index is 315. The quantitative estimate of drug-likeness (QED) is 0.792. The molecule has 1 aliphatic heterocycles. The molecule has 1 fully saturated rings. The van der Waals surface area contributed by atoms with Gasteiger partial charge in [-0.15, -0.1) is 0 Å². The van der Waals surface area contributed by atoms with Gasteiger partial charge in [0.2, 0.25) is 0 Å². The normalized spacial score (nSPS) is 25.9. The lowest BCUT2D eigenvalue weighted by Crippen LogP contribution is -2.51. The Balaban J connectivity index is 1.94. The maximum Gasteiger partial charge on any atom is 0.0819 e. The number of piperidine rings is 1. The Morgan fingerprint density at radius 2 is 2.12 bits per heavy atom. The zero-order valence-corrected chi connectivity index (χ0v) is 9.76. The number of aliphatic hydroxyl groups is 1. The van der Waals surface area contributed by atoms with E-state index in [4.69, 9.17) is 0 Å². The average molecular weight is 220 g/mol. The summed E-state index contributed by atoms with van der Waals surface area (Å²) in [5.41, 5.74) is 1.30. The summed E-state index contributed by atoms with van der Waals surface area (Å²) in [5.74, 6) is 0. The molecule has 1 aliphatic rings. The standard InChI is InChI=1S/C13H20N2O/c1-15(10-11-5-3-2-4-6-11)12-7-8-14-9-13(12)16/h2-6,12-14,16H,7-10H2,1H3/t12-,13-/m0/s1. The van der Waals surface area contributed by atoms with E-state index < -0.39 is 0 Å². The number of hydrogen-bond acceptors (Lipinski definition) is 3. The third-order valence-corrected chi connectivity index (χ3v) is 3.26. The second-order valence-electron chi connectivity index (χ2n) is 4.53. The molecule has 0 aliphatic carbocycles. The van der Waals surface area contributed by atoms with Crippen LogP contribution in [0.25, 0.3) is 0 Å². The van der Waals surface area contributed by atoms with E-state index in [0.29, 0.717) is 6.54 Å². The van der Waals surface area contributed by atoms with Gasteiger partial charge in [-0.3, -0.25) is 4.90 Å². The topological polar surface area (TPSA) is 35.5 Å². The lowest BCUT2D eigenvalue weighted by Gasteiger charge is -2.35. The van der Waals surface area contributed by atoms with Crippen molar-refractivity contribution in [1.82, 2.24) is 10.2 Å². The number of hydrogen-bond donors (Lipinski definition) is 2. The maximum atomic E-state index is 9.91. The minimum atomic E-state index is -0.248. The zero-order valence-electron chi connectivity index (χ0n) is 9.76. The monoisotopic (exact) mass is 220 g/mol. The summed E-state index contributed by atoms with van der Waals surface area (Å²) < 4.78 is 0. The molecule has 1 aromatic carbocycles. The number of aliphatic hydroxyl groups excluding tert-OH is 1. The predicted molar refractivity (Wildman–Crippen MR) is 65.2 cm³/mol. The highest BCUT2D eigenvalue weighted by Crippen LogP contribution is 2.13. The molecule has 3 heteroatoms. The molecule has 0 radical (unpaired) electrons. The van der Waals surface area contributed by atoms with Crippen LogP contribution in [0.15, 0.2) is 30.3 Å². The van der Waals surface area contributed by atoms with Crippen molar-refractivity contribution in [3.63, 3.8) is 0 Å². The van der Waals surface area contributed by atoms with Crippen molar-refractivity contribution in [3.8, 4) is 0 Å². The summed E-state index contributed by atoms with van der Waals surface area (Å²) in [6.45, 7) is 2.62. The highest BCUT2D eigenvalue weighted by Gasteiger charge is 2.26. The maximum absolute atomic E-state index is 9.91. The number of benzene rings is 1. The van der Waals surface area contributed by atoms with Gasteiger partial charge in [-0.05, 0) is 25.6 Å². The van der Waals surface area contributed by atoms with Crippen molar-refractivity contribution in [2.75, 3.05) is 20.1 Å². The van der Waals surface area contributed by atoms with E-state index in [2.05, 4.69) is 41.5 Å². The minimum Gasteiger partial charge on any atom is -0.390 e. The van der Waals surface area contributed by atoms with E-state index in [1.54, 1.807) is 0 Å². The van der Waals surface area contributed by atoms with Gasteiger partial charge < -0.3 is 10.4 Å². The van der Waals surface area contributed by atoms with Gasteiger partial charge in [-0.25, -0.2) is 0 Å². The van der Waals surface area contributed by atoms with Crippen LogP contribution in [0.3, 0.4) is 0 Å². The highest BCUT2D eigenvalue weighted by atomic mass is 16.3. The van der Waals surface area contributed by atoms with Gasteiger partial charge >= 0.3 is 0 Å². The molecule has 16 heavy (non-hydrogen) atoms. The van der Waals surface area contributed by atoms with Crippen molar-refractivity contribution in [2.24, 2.45) is 0 Å². The minimum absolute atomic E-state index is 0.248. The Labute approximate surface area is 97.1 Å². The van der Waals surface area contributed by atoms with Gasteiger partial charge in [-0.1, -0.05) is 30.3 Å². The third kappa shape index (κ3) is 2.82. The van der Waals surface area contributed by atoms with Crippen LogP contribution in [0.1, 0.15) is 12.0 Å².